The Kier molecular flexibility index (Phi) is 7.92. The molecule has 2 unspecified atom stereocenters. The van der Waals surface area contributed by atoms with Crippen LogP contribution in [0, 0.1) is 5.92 Å². The Bertz CT molecular complexity index is 1440. The van der Waals surface area contributed by atoms with Gasteiger partial charge in [-0.1, -0.05) is 25.7 Å². The summed E-state index contributed by atoms with van der Waals surface area (Å²) in [5.74, 6) is -0.852. The van der Waals surface area contributed by atoms with Crippen LogP contribution in [-0.2, 0) is 34.0 Å². The molecule has 0 aromatic carbocycles. The van der Waals surface area contributed by atoms with Gasteiger partial charge in [0.25, 0.3) is 11.5 Å². The van der Waals surface area contributed by atoms with E-state index in [1.807, 2.05) is 13.8 Å². The second kappa shape index (κ2) is 11.3. The molecule has 3 aromatic rings. The average Bonchev–Trinajstić information content (AvgIpc) is 3.68. The number of rotatable bonds is 9. The van der Waals surface area contributed by atoms with Crippen LogP contribution in [0.2, 0.25) is 0 Å². The van der Waals surface area contributed by atoms with Gasteiger partial charge in [-0.2, -0.15) is 28.5 Å². The number of nitrogens with one attached hydrogen (secondary N) is 1. The van der Waals surface area contributed by atoms with Gasteiger partial charge in [0.2, 0.25) is 5.88 Å². The van der Waals surface area contributed by atoms with Crippen molar-refractivity contribution in [1.82, 2.24) is 29.3 Å². The summed E-state index contributed by atoms with van der Waals surface area (Å²) >= 11 is 0. The van der Waals surface area contributed by atoms with Crippen molar-refractivity contribution in [3.8, 4) is 11.6 Å². The van der Waals surface area contributed by atoms with E-state index in [4.69, 9.17) is 14.2 Å². The molecule has 41 heavy (non-hydrogen) atoms. The highest BCUT2D eigenvalue weighted by atomic mass is 19.4. The Morgan fingerprint density at radius 1 is 1.24 bits per heavy atom. The van der Waals surface area contributed by atoms with Gasteiger partial charge in [0.15, 0.2) is 23.0 Å². The fourth-order valence-corrected chi connectivity index (χ4v) is 5.18. The molecule has 0 spiro atoms. The van der Waals surface area contributed by atoms with Crippen LogP contribution < -0.4 is 15.6 Å². The summed E-state index contributed by atoms with van der Waals surface area (Å²) in [5.41, 5.74) is -1.76. The summed E-state index contributed by atoms with van der Waals surface area (Å²) in [4.78, 5) is 26.5. The Morgan fingerprint density at radius 2 is 2.00 bits per heavy atom. The van der Waals surface area contributed by atoms with E-state index >= 15 is 0 Å². The van der Waals surface area contributed by atoms with Gasteiger partial charge >= 0.3 is 6.18 Å². The lowest BCUT2D eigenvalue weighted by Crippen LogP contribution is -2.36. The van der Waals surface area contributed by atoms with Gasteiger partial charge in [0, 0.05) is 31.4 Å². The maximum absolute atomic E-state index is 13.5. The number of hydrogen-bond acceptors (Lipinski definition) is 8. The predicted octanol–water partition coefficient (Wildman–Crippen LogP) is 3.90. The van der Waals surface area contributed by atoms with Gasteiger partial charge in [-0.3, -0.25) is 14.3 Å². The highest BCUT2D eigenvalue weighted by Gasteiger charge is 2.35. The van der Waals surface area contributed by atoms with E-state index in [0.29, 0.717) is 25.4 Å². The number of hydrogen-bond donors (Lipinski definition) is 1. The molecule has 2 aliphatic rings. The molecule has 12 nitrogen and oxygen atoms in total. The Morgan fingerprint density at radius 3 is 2.63 bits per heavy atom. The minimum absolute atomic E-state index is 0.0805. The van der Waals surface area contributed by atoms with E-state index < -0.39 is 35.2 Å². The standard InChI is InChI=1S/C26H32F3N7O5/c1-25(2)39-15-18(41-25)14-35-9-8-21(33-35)31-24(38)19(10-16-6-4-5-7-16)36-22(37)11-17(13-30-36)40-23-12-20(26(27,28)29)32-34(23)3/h8-9,11-13,16,18-19H,4-7,10,14-15H2,1-3H3,(H,31,33,38). The van der Waals surface area contributed by atoms with Gasteiger partial charge in [0.05, 0.1) is 19.3 Å². The first kappa shape index (κ1) is 28.8. The van der Waals surface area contributed by atoms with E-state index in [9.17, 15) is 22.8 Å². The molecule has 1 saturated carbocycles. The zero-order chi connectivity index (χ0) is 29.4. The Balaban J connectivity index is 1.31. The number of anilines is 1. The highest BCUT2D eigenvalue weighted by molar-refractivity contribution is 5.92. The second-order valence-corrected chi connectivity index (χ2v) is 10.8. The fraction of sp³-hybridized carbons (Fsp3) is 0.577. The molecule has 222 valence electrons. The van der Waals surface area contributed by atoms with E-state index in [1.165, 1.54) is 13.2 Å². The van der Waals surface area contributed by atoms with E-state index in [1.54, 1.807) is 16.9 Å². The Labute approximate surface area is 233 Å². The van der Waals surface area contributed by atoms with Crippen molar-refractivity contribution >= 4 is 11.7 Å². The van der Waals surface area contributed by atoms with Crippen LogP contribution in [0.15, 0.2) is 35.4 Å². The summed E-state index contributed by atoms with van der Waals surface area (Å²) in [5, 5.41) is 14.8. The van der Waals surface area contributed by atoms with Crippen molar-refractivity contribution in [3.63, 3.8) is 0 Å². The summed E-state index contributed by atoms with van der Waals surface area (Å²) in [6, 6.07) is 2.54. The normalized spacial score (nSPS) is 19.9. The topological polar surface area (TPSA) is 127 Å². The zero-order valence-electron chi connectivity index (χ0n) is 22.9. The third-order valence-electron chi connectivity index (χ3n) is 7.13. The number of amides is 1. The van der Waals surface area contributed by atoms with E-state index in [2.05, 4.69) is 20.6 Å². The lowest BCUT2D eigenvalue weighted by Gasteiger charge is -2.21. The van der Waals surface area contributed by atoms with E-state index in [-0.39, 0.29) is 23.7 Å². The van der Waals surface area contributed by atoms with Crippen LogP contribution in [-0.4, -0.2) is 53.7 Å². The van der Waals surface area contributed by atoms with Gasteiger partial charge in [-0.25, -0.2) is 9.36 Å². The van der Waals surface area contributed by atoms with Crippen LogP contribution >= 0.6 is 0 Å². The lowest BCUT2D eigenvalue weighted by molar-refractivity contribution is -0.141. The van der Waals surface area contributed by atoms with Crippen LogP contribution in [0.25, 0.3) is 0 Å². The van der Waals surface area contributed by atoms with E-state index in [0.717, 1.165) is 47.2 Å². The number of carbonyl (C=O) groups is 1. The molecule has 0 radical (unpaired) electrons. The van der Waals surface area contributed by atoms with Crippen LogP contribution in [0.3, 0.4) is 0 Å². The smallest absolute Gasteiger partial charge is 0.435 e. The van der Waals surface area contributed by atoms with Crippen molar-refractivity contribution in [2.45, 2.75) is 76.6 Å². The van der Waals surface area contributed by atoms with Crippen molar-refractivity contribution < 1.29 is 32.2 Å². The number of halogens is 3. The fourth-order valence-electron chi connectivity index (χ4n) is 5.18. The first-order valence-corrected chi connectivity index (χ1v) is 13.4. The molecule has 4 heterocycles. The summed E-state index contributed by atoms with van der Waals surface area (Å²) in [6.07, 6.45) is 2.46. The van der Waals surface area contributed by atoms with Crippen molar-refractivity contribution in [2.24, 2.45) is 13.0 Å². The third kappa shape index (κ3) is 6.96. The van der Waals surface area contributed by atoms with Gasteiger partial charge in [-0.15, -0.1) is 0 Å². The maximum Gasteiger partial charge on any atom is 0.435 e. The maximum atomic E-state index is 13.5. The molecular weight excluding hydrogens is 547 g/mol. The highest BCUT2D eigenvalue weighted by Crippen LogP contribution is 2.33. The average molecular weight is 580 g/mol. The van der Waals surface area contributed by atoms with Crippen molar-refractivity contribution in [3.05, 3.63) is 46.6 Å². The molecule has 1 aliphatic carbocycles. The largest absolute Gasteiger partial charge is 0.437 e. The molecule has 2 fully saturated rings. The van der Waals surface area contributed by atoms with Crippen LogP contribution in [0.1, 0.15) is 57.7 Å². The molecule has 1 amide bonds. The zero-order valence-corrected chi connectivity index (χ0v) is 22.9. The molecule has 1 aliphatic heterocycles. The number of carbonyl (C=O) groups excluding carboxylic acids is 1. The number of ether oxygens (including phenoxy) is 3. The molecule has 0 bridgehead atoms. The van der Waals surface area contributed by atoms with Gasteiger partial charge < -0.3 is 19.5 Å². The Hall–Kier alpha value is -3.72. The number of nitrogens with zero attached hydrogens (tertiary/aromatic N) is 6. The molecule has 15 heteroatoms. The molecule has 1 N–H and O–H groups in total. The number of aryl methyl sites for hydroxylation is 1. The minimum atomic E-state index is -4.65. The monoisotopic (exact) mass is 579 g/mol. The SMILES string of the molecule is Cn1nc(C(F)(F)F)cc1Oc1cnn(C(CC2CCCC2)C(=O)Nc2ccn(CC3COC(C)(C)O3)n2)c(=O)c1. The molecule has 3 aromatic heterocycles. The quantitative estimate of drug-likeness (QED) is 0.405. The minimum Gasteiger partial charge on any atom is -0.437 e. The lowest BCUT2D eigenvalue weighted by atomic mass is 9.98. The molecule has 5 rings (SSSR count). The molecule has 2 atom stereocenters. The van der Waals surface area contributed by atoms with Gasteiger partial charge in [0.1, 0.15) is 12.1 Å². The van der Waals surface area contributed by atoms with Crippen molar-refractivity contribution in [2.75, 3.05) is 11.9 Å². The van der Waals surface area contributed by atoms with Crippen molar-refractivity contribution in [1.29, 1.82) is 0 Å². The summed E-state index contributed by atoms with van der Waals surface area (Å²) in [7, 11) is 1.29. The molecule has 1 saturated heterocycles. The number of aromatic nitrogens is 6. The summed E-state index contributed by atoms with van der Waals surface area (Å²) < 4.78 is 59.5. The van der Waals surface area contributed by atoms with Gasteiger partial charge in [-0.05, 0) is 26.2 Å². The van der Waals surface area contributed by atoms with Crippen LogP contribution in [0.5, 0.6) is 11.6 Å². The number of alkyl halides is 3. The predicted molar refractivity (Wildman–Crippen MR) is 138 cm³/mol. The van der Waals surface area contributed by atoms with Crippen LogP contribution in [0.4, 0.5) is 19.0 Å². The third-order valence-corrected chi connectivity index (χ3v) is 7.13. The molecular formula is C26H32F3N7O5. The second-order valence-electron chi connectivity index (χ2n) is 10.8. The first-order valence-electron chi connectivity index (χ1n) is 13.4. The summed E-state index contributed by atoms with van der Waals surface area (Å²) in [6.45, 7) is 4.54. The first-order chi connectivity index (χ1) is 19.4.